The van der Waals surface area contributed by atoms with Crippen molar-refractivity contribution in [1.82, 2.24) is 15.5 Å². The number of benzene rings is 1. The molecule has 7 heteroatoms. The molecule has 0 fully saturated rings. The Balaban J connectivity index is 0.00000242. The van der Waals surface area contributed by atoms with Crippen molar-refractivity contribution in [3.05, 3.63) is 47.1 Å². The number of carbonyl (C=O) groups excluding carboxylic acids is 1. The van der Waals surface area contributed by atoms with Gasteiger partial charge in [0.1, 0.15) is 6.04 Å². The summed E-state index contributed by atoms with van der Waals surface area (Å²) in [6.45, 7) is 7.07. The fraction of sp³-hybridized carbons (Fsp3) is 0.400. The van der Waals surface area contributed by atoms with E-state index in [0.717, 1.165) is 11.1 Å². The van der Waals surface area contributed by atoms with Crippen molar-refractivity contribution in [2.75, 3.05) is 0 Å². The highest BCUT2D eigenvalue weighted by Gasteiger charge is 2.29. The molecule has 0 bridgehead atoms. The number of aryl methyl sites for hydroxylation is 1. The Morgan fingerprint density at radius 3 is 2.45 bits per heavy atom. The second-order valence-corrected chi connectivity index (χ2v) is 5.65. The van der Waals surface area contributed by atoms with Gasteiger partial charge in [0.15, 0.2) is 5.82 Å². The number of hydrogen-bond acceptors (Lipinski definition) is 5. The van der Waals surface area contributed by atoms with E-state index in [1.165, 1.54) is 6.92 Å². The summed E-state index contributed by atoms with van der Waals surface area (Å²) in [6.07, 6.45) is 0. The minimum absolute atomic E-state index is 0. The fourth-order valence-electron chi connectivity index (χ4n) is 2.03. The molecule has 22 heavy (non-hydrogen) atoms. The summed E-state index contributed by atoms with van der Waals surface area (Å²) in [7, 11) is 0. The zero-order chi connectivity index (χ0) is 15.6. The molecular weight excluding hydrogens is 304 g/mol. The molecule has 1 unspecified atom stereocenters. The molecule has 0 radical (unpaired) electrons. The highest BCUT2D eigenvalue weighted by atomic mass is 35.5. The van der Waals surface area contributed by atoms with Crippen molar-refractivity contribution in [3.8, 4) is 0 Å². The van der Waals surface area contributed by atoms with E-state index in [4.69, 9.17) is 10.3 Å². The molecule has 1 aromatic carbocycles. The molecule has 1 aromatic heterocycles. The van der Waals surface area contributed by atoms with Crippen molar-refractivity contribution in [1.29, 1.82) is 0 Å². The van der Waals surface area contributed by atoms with Crippen LogP contribution in [0, 0.1) is 6.92 Å². The molecule has 0 spiro atoms. The summed E-state index contributed by atoms with van der Waals surface area (Å²) < 4.78 is 5.24. The molecule has 1 atom stereocenters. The van der Waals surface area contributed by atoms with Gasteiger partial charge in [0.25, 0.3) is 0 Å². The van der Waals surface area contributed by atoms with E-state index in [0.29, 0.717) is 11.7 Å². The molecule has 3 N–H and O–H groups in total. The Morgan fingerprint density at radius 1 is 1.32 bits per heavy atom. The molecule has 1 heterocycles. The van der Waals surface area contributed by atoms with E-state index < -0.39 is 11.6 Å². The van der Waals surface area contributed by atoms with Crippen molar-refractivity contribution in [2.45, 2.75) is 39.3 Å². The molecule has 2 aromatic rings. The third-order valence-corrected chi connectivity index (χ3v) is 3.19. The number of hydrogen-bond donors (Lipinski definition) is 2. The first-order valence-corrected chi connectivity index (χ1v) is 6.74. The molecule has 0 saturated heterocycles. The lowest BCUT2D eigenvalue weighted by molar-refractivity contribution is -0.120. The van der Waals surface area contributed by atoms with Crippen LogP contribution in [-0.2, 0) is 10.3 Å². The zero-order valence-corrected chi connectivity index (χ0v) is 13.9. The topological polar surface area (TPSA) is 94.0 Å². The van der Waals surface area contributed by atoms with Crippen LogP contribution in [0.15, 0.2) is 28.8 Å². The molecule has 6 nitrogen and oxygen atoms in total. The molecule has 2 rings (SSSR count). The predicted molar refractivity (Wildman–Crippen MR) is 85.6 cm³/mol. The molecular formula is C15H21ClN4O2. The predicted octanol–water partition coefficient (Wildman–Crippen LogP) is 2.22. The lowest BCUT2D eigenvalue weighted by Crippen LogP contribution is -2.40. The maximum atomic E-state index is 11.2. The number of rotatable bonds is 4. The van der Waals surface area contributed by atoms with Crippen LogP contribution < -0.4 is 11.1 Å². The quantitative estimate of drug-likeness (QED) is 0.899. The first-order valence-electron chi connectivity index (χ1n) is 6.74. The highest BCUT2D eigenvalue weighted by molar-refractivity contribution is 5.85. The van der Waals surface area contributed by atoms with Crippen molar-refractivity contribution < 1.29 is 9.32 Å². The molecule has 1 amide bonds. The summed E-state index contributed by atoms with van der Waals surface area (Å²) in [5, 5.41) is 6.69. The van der Waals surface area contributed by atoms with Gasteiger partial charge >= 0.3 is 0 Å². The molecule has 120 valence electrons. The Hall–Kier alpha value is -1.92. The van der Waals surface area contributed by atoms with E-state index in [1.807, 2.05) is 31.2 Å². The van der Waals surface area contributed by atoms with Crippen LogP contribution in [0.5, 0.6) is 0 Å². The summed E-state index contributed by atoms with van der Waals surface area (Å²) in [4.78, 5) is 15.5. The number of amides is 1. The van der Waals surface area contributed by atoms with Gasteiger partial charge in [0.05, 0.1) is 5.54 Å². The van der Waals surface area contributed by atoms with Gasteiger partial charge in [-0.2, -0.15) is 4.98 Å². The van der Waals surface area contributed by atoms with Crippen LogP contribution >= 0.6 is 12.4 Å². The van der Waals surface area contributed by atoms with Gasteiger partial charge in [-0.1, -0.05) is 35.0 Å². The maximum absolute atomic E-state index is 11.2. The van der Waals surface area contributed by atoms with Gasteiger partial charge in [-0.15, -0.1) is 12.4 Å². The maximum Gasteiger partial charge on any atom is 0.248 e. The van der Waals surface area contributed by atoms with E-state index in [1.54, 1.807) is 13.8 Å². The largest absolute Gasteiger partial charge is 0.344 e. The van der Waals surface area contributed by atoms with Crippen LogP contribution in [0.4, 0.5) is 0 Å². The third kappa shape index (κ3) is 4.05. The van der Waals surface area contributed by atoms with Crippen molar-refractivity contribution >= 4 is 18.3 Å². The van der Waals surface area contributed by atoms with Gasteiger partial charge < -0.3 is 15.6 Å². The molecule has 0 saturated carbocycles. The first kappa shape index (κ1) is 18.1. The standard InChI is InChI=1S/C15H20N4O2.ClH/c1-9-5-7-11(8-6-9)12(16)13-17-14(19-21-13)15(3,4)18-10(2)20;/h5-8,12H,16H2,1-4H3,(H,18,20);1H. The fourth-order valence-corrected chi connectivity index (χ4v) is 2.03. The van der Waals surface area contributed by atoms with Gasteiger partial charge in [-0.3, -0.25) is 4.79 Å². The van der Waals surface area contributed by atoms with Gasteiger partial charge in [-0.25, -0.2) is 0 Å². The van der Waals surface area contributed by atoms with Crippen LogP contribution in [0.1, 0.15) is 49.7 Å². The summed E-state index contributed by atoms with van der Waals surface area (Å²) in [5.41, 5.74) is 7.49. The smallest absolute Gasteiger partial charge is 0.248 e. The van der Waals surface area contributed by atoms with E-state index in [2.05, 4.69) is 15.5 Å². The number of aromatic nitrogens is 2. The molecule has 0 aliphatic rings. The minimum Gasteiger partial charge on any atom is -0.344 e. The zero-order valence-electron chi connectivity index (χ0n) is 13.1. The Morgan fingerprint density at radius 2 is 1.91 bits per heavy atom. The number of nitrogens with one attached hydrogen (secondary N) is 1. The first-order chi connectivity index (χ1) is 9.79. The average molecular weight is 325 g/mol. The van der Waals surface area contributed by atoms with Gasteiger partial charge in [-0.05, 0) is 26.3 Å². The Bertz CT molecular complexity index is 637. The number of nitrogens with two attached hydrogens (primary N) is 1. The van der Waals surface area contributed by atoms with Crippen LogP contribution in [-0.4, -0.2) is 16.0 Å². The van der Waals surface area contributed by atoms with Crippen molar-refractivity contribution in [3.63, 3.8) is 0 Å². The lowest BCUT2D eigenvalue weighted by Gasteiger charge is -2.21. The monoisotopic (exact) mass is 324 g/mol. The number of carbonyl (C=O) groups is 1. The van der Waals surface area contributed by atoms with Crippen LogP contribution in [0.3, 0.4) is 0 Å². The summed E-state index contributed by atoms with van der Waals surface area (Å²) in [6, 6.07) is 7.34. The van der Waals surface area contributed by atoms with E-state index in [9.17, 15) is 4.79 Å². The van der Waals surface area contributed by atoms with E-state index >= 15 is 0 Å². The average Bonchev–Trinajstić information content (AvgIpc) is 2.87. The van der Waals surface area contributed by atoms with E-state index in [-0.39, 0.29) is 18.3 Å². The second-order valence-electron chi connectivity index (χ2n) is 5.65. The van der Waals surface area contributed by atoms with Crippen LogP contribution in [0.2, 0.25) is 0 Å². The summed E-state index contributed by atoms with van der Waals surface area (Å²) >= 11 is 0. The summed E-state index contributed by atoms with van der Waals surface area (Å²) in [5.74, 6) is 0.566. The van der Waals surface area contributed by atoms with Crippen molar-refractivity contribution in [2.24, 2.45) is 5.73 Å². The normalized spacial score (nSPS) is 12.4. The Kier molecular flexibility index (Phi) is 5.68. The van der Waals surface area contributed by atoms with Gasteiger partial charge in [0.2, 0.25) is 11.8 Å². The third-order valence-electron chi connectivity index (χ3n) is 3.19. The SMILES string of the molecule is CC(=O)NC(C)(C)c1noc(C(N)c2ccc(C)cc2)n1.Cl. The number of nitrogens with zero attached hydrogens (tertiary/aromatic N) is 2. The minimum atomic E-state index is -0.708. The molecule has 0 aliphatic heterocycles. The van der Waals surface area contributed by atoms with Gasteiger partial charge in [0, 0.05) is 6.92 Å². The van der Waals surface area contributed by atoms with Crippen LogP contribution in [0.25, 0.3) is 0 Å². The lowest BCUT2D eigenvalue weighted by atomic mass is 10.0. The molecule has 0 aliphatic carbocycles. The number of halogens is 1. The Labute approximate surface area is 135 Å². The second kappa shape index (κ2) is 6.89. The highest BCUT2D eigenvalue weighted by Crippen LogP contribution is 2.22.